The summed E-state index contributed by atoms with van der Waals surface area (Å²) in [5.74, 6) is 0.503. The Labute approximate surface area is 159 Å². The van der Waals surface area contributed by atoms with E-state index in [0.29, 0.717) is 5.75 Å². The molecule has 0 heterocycles. The molecule has 3 nitrogen and oxygen atoms in total. The first-order chi connectivity index (χ1) is 12.9. The number of ether oxygens (including phenoxy) is 1. The molecule has 0 amide bonds. The standard InChI is InChI=1S/C24H22O3/c1-24(2,19-6-4-3-5-7-19)20-11-15-22(16-12-20)27-21-13-8-18(9-14-21)10-17-23(25)26/h3-17H,1-2H3,(H,25,26). The normalized spacial score (nSPS) is 11.5. The quantitative estimate of drug-likeness (QED) is 0.558. The van der Waals surface area contributed by atoms with Crippen LogP contribution < -0.4 is 4.74 Å². The average Bonchev–Trinajstić information content (AvgIpc) is 2.68. The number of carboxylic acid groups (broad SMARTS) is 1. The zero-order chi connectivity index (χ0) is 19.3. The Morgan fingerprint density at radius 2 is 1.33 bits per heavy atom. The van der Waals surface area contributed by atoms with Crippen molar-refractivity contribution in [1.82, 2.24) is 0 Å². The molecular formula is C24H22O3. The highest BCUT2D eigenvalue weighted by molar-refractivity contribution is 5.85. The second-order valence-electron chi connectivity index (χ2n) is 6.86. The number of hydrogen-bond donors (Lipinski definition) is 1. The first kappa shape index (κ1) is 18.5. The predicted octanol–water partition coefficient (Wildman–Crippen LogP) is 5.90. The van der Waals surface area contributed by atoms with Gasteiger partial charge in [0, 0.05) is 11.5 Å². The molecule has 0 radical (unpaired) electrons. The van der Waals surface area contributed by atoms with Gasteiger partial charge >= 0.3 is 5.97 Å². The van der Waals surface area contributed by atoms with E-state index in [1.54, 1.807) is 6.08 Å². The Morgan fingerprint density at radius 3 is 1.89 bits per heavy atom. The van der Waals surface area contributed by atoms with Crippen molar-refractivity contribution < 1.29 is 14.6 Å². The van der Waals surface area contributed by atoms with Crippen LogP contribution in [0.5, 0.6) is 11.5 Å². The fraction of sp³-hybridized carbons (Fsp3) is 0.125. The molecule has 0 bridgehead atoms. The summed E-state index contributed by atoms with van der Waals surface area (Å²) in [6, 6.07) is 25.8. The second-order valence-corrected chi connectivity index (χ2v) is 6.86. The lowest BCUT2D eigenvalue weighted by molar-refractivity contribution is -0.131. The molecular weight excluding hydrogens is 336 g/mol. The van der Waals surface area contributed by atoms with Crippen molar-refractivity contribution >= 4 is 12.0 Å². The van der Waals surface area contributed by atoms with E-state index in [0.717, 1.165) is 17.4 Å². The summed E-state index contributed by atoms with van der Waals surface area (Å²) >= 11 is 0. The van der Waals surface area contributed by atoms with Gasteiger partial charge in [-0.25, -0.2) is 4.79 Å². The molecule has 0 atom stereocenters. The van der Waals surface area contributed by atoms with Gasteiger partial charge in [-0.1, -0.05) is 68.4 Å². The van der Waals surface area contributed by atoms with E-state index in [1.807, 2.05) is 42.5 Å². The lowest BCUT2D eigenvalue weighted by Gasteiger charge is -2.26. The molecule has 0 unspecified atom stereocenters. The van der Waals surface area contributed by atoms with Crippen LogP contribution in [-0.2, 0) is 10.2 Å². The zero-order valence-corrected chi connectivity index (χ0v) is 15.4. The fourth-order valence-corrected chi connectivity index (χ4v) is 2.91. The van der Waals surface area contributed by atoms with E-state index in [-0.39, 0.29) is 5.41 Å². The molecule has 0 saturated carbocycles. The minimum absolute atomic E-state index is 0.0854. The van der Waals surface area contributed by atoms with Gasteiger partial charge in [0.2, 0.25) is 0 Å². The van der Waals surface area contributed by atoms with Crippen molar-refractivity contribution in [3.8, 4) is 11.5 Å². The van der Waals surface area contributed by atoms with Gasteiger partial charge in [0.25, 0.3) is 0 Å². The van der Waals surface area contributed by atoms with Crippen molar-refractivity contribution in [2.75, 3.05) is 0 Å². The smallest absolute Gasteiger partial charge is 0.328 e. The van der Waals surface area contributed by atoms with Crippen molar-refractivity contribution in [3.05, 3.63) is 102 Å². The molecule has 27 heavy (non-hydrogen) atoms. The van der Waals surface area contributed by atoms with Crippen LogP contribution in [0.15, 0.2) is 84.9 Å². The molecule has 0 spiro atoms. The maximum Gasteiger partial charge on any atom is 0.328 e. The zero-order valence-electron chi connectivity index (χ0n) is 15.4. The second kappa shape index (κ2) is 7.92. The van der Waals surface area contributed by atoms with Gasteiger partial charge in [-0.2, -0.15) is 0 Å². The topological polar surface area (TPSA) is 46.5 Å². The molecule has 0 saturated heterocycles. The van der Waals surface area contributed by atoms with Gasteiger partial charge in [-0.3, -0.25) is 0 Å². The van der Waals surface area contributed by atoms with Crippen LogP contribution in [0.3, 0.4) is 0 Å². The molecule has 0 aliphatic heterocycles. The maximum absolute atomic E-state index is 10.6. The van der Waals surface area contributed by atoms with Gasteiger partial charge < -0.3 is 9.84 Å². The minimum Gasteiger partial charge on any atom is -0.478 e. The third-order valence-electron chi connectivity index (χ3n) is 4.61. The number of carbonyl (C=O) groups is 1. The Morgan fingerprint density at radius 1 is 0.815 bits per heavy atom. The molecule has 0 aliphatic carbocycles. The Kier molecular flexibility index (Phi) is 5.41. The Balaban J connectivity index is 1.72. The molecule has 3 aromatic rings. The summed E-state index contributed by atoms with van der Waals surface area (Å²) in [4.78, 5) is 10.6. The van der Waals surface area contributed by atoms with Crippen LogP contribution >= 0.6 is 0 Å². The molecule has 3 rings (SSSR count). The highest BCUT2D eigenvalue weighted by atomic mass is 16.5. The molecule has 3 aromatic carbocycles. The van der Waals surface area contributed by atoms with Gasteiger partial charge in [0.15, 0.2) is 0 Å². The largest absolute Gasteiger partial charge is 0.478 e. The van der Waals surface area contributed by atoms with E-state index in [1.165, 1.54) is 11.1 Å². The van der Waals surface area contributed by atoms with E-state index >= 15 is 0 Å². The molecule has 3 heteroatoms. The van der Waals surface area contributed by atoms with E-state index in [4.69, 9.17) is 9.84 Å². The van der Waals surface area contributed by atoms with E-state index in [2.05, 4.69) is 50.2 Å². The third-order valence-corrected chi connectivity index (χ3v) is 4.61. The minimum atomic E-state index is -0.964. The molecule has 0 aromatic heterocycles. The summed E-state index contributed by atoms with van der Waals surface area (Å²) in [6.45, 7) is 4.42. The van der Waals surface area contributed by atoms with Crippen LogP contribution in [0, 0.1) is 0 Å². The first-order valence-electron chi connectivity index (χ1n) is 8.80. The van der Waals surface area contributed by atoms with Crippen LogP contribution in [0.4, 0.5) is 0 Å². The van der Waals surface area contributed by atoms with Crippen molar-refractivity contribution in [3.63, 3.8) is 0 Å². The monoisotopic (exact) mass is 358 g/mol. The first-order valence-corrected chi connectivity index (χ1v) is 8.80. The number of benzene rings is 3. The Bertz CT molecular complexity index is 922. The summed E-state index contributed by atoms with van der Waals surface area (Å²) in [6.07, 6.45) is 2.66. The molecule has 0 fully saturated rings. The van der Waals surface area contributed by atoms with Crippen molar-refractivity contribution in [1.29, 1.82) is 0 Å². The average molecular weight is 358 g/mol. The summed E-state index contributed by atoms with van der Waals surface area (Å²) in [7, 11) is 0. The van der Waals surface area contributed by atoms with Gasteiger partial charge in [-0.15, -0.1) is 0 Å². The van der Waals surface area contributed by atoms with Crippen LogP contribution in [-0.4, -0.2) is 11.1 Å². The van der Waals surface area contributed by atoms with Gasteiger partial charge in [-0.05, 0) is 47.0 Å². The van der Waals surface area contributed by atoms with Crippen molar-refractivity contribution in [2.24, 2.45) is 0 Å². The number of carboxylic acids is 1. The maximum atomic E-state index is 10.6. The number of aliphatic carboxylic acids is 1. The number of rotatable bonds is 6. The molecule has 0 aliphatic rings. The lowest BCUT2D eigenvalue weighted by atomic mass is 9.78. The Hall–Kier alpha value is -3.33. The third kappa shape index (κ3) is 4.64. The lowest BCUT2D eigenvalue weighted by Crippen LogP contribution is -2.18. The van der Waals surface area contributed by atoms with Crippen LogP contribution in [0.2, 0.25) is 0 Å². The SMILES string of the molecule is CC(C)(c1ccccc1)c1ccc(Oc2ccc(C=CC(=O)O)cc2)cc1. The summed E-state index contributed by atoms with van der Waals surface area (Å²) < 4.78 is 5.89. The fourth-order valence-electron chi connectivity index (χ4n) is 2.91. The highest BCUT2D eigenvalue weighted by Crippen LogP contribution is 2.33. The van der Waals surface area contributed by atoms with Crippen LogP contribution in [0.1, 0.15) is 30.5 Å². The van der Waals surface area contributed by atoms with Gasteiger partial charge in [0.1, 0.15) is 11.5 Å². The summed E-state index contributed by atoms with van der Waals surface area (Å²) in [5, 5.41) is 8.67. The van der Waals surface area contributed by atoms with Crippen LogP contribution in [0.25, 0.3) is 6.08 Å². The summed E-state index contributed by atoms with van der Waals surface area (Å²) in [5.41, 5.74) is 3.21. The highest BCUT2D eigenvalue weighted by Gasteiger charge is 2.22. The molecule has 136 valence electrons. The van der Waals surface area contributed by atoms with Gasteiger partial charge in [0.05, 0.1) is 0 Å². The van der Waals surface area contributed by atoms with E-state index < -0.39 is 5.97 Å². The molecule has 1 N–H and O–H groups in total. The van der Waals surface area contributed by atoms with E-state index in [9.17, 15) is 4.79 Å². The van der Waals surface area contributed by atoms with Crippen molar-refractivity contribution in [2.45, 2.75) is 19.3 Å². The predicted molar refractivity (Wildman–Crippen MR) is 108 cm³/mol. The number of hydrogen-bond acceptors (Lipinski definition) is 2.